The Morgan fingerprint density at radius 3 is 2.62 bits per heavy atom. The lowest BCUT2D eigenvalue weighted by Gasteiger charge is -2.25. The quantitative estimate of drug-likeness (QED) is 0.638. The number of halogens is 1. The number of aryl methyl sites for hydroxylation is 1. The lowest BCUT2D eigenvalue weighted by molar-refractivity contribution is -0.119. The van der Waals surface area contributed by atoms with Crippen LogP contribution in [-0.4, -0.2) is 40.6 Å². The Balaban J connectivity index is 0.000000198. The van der Waals surface area contributed by atoms with Crippen molar-refractivity contribution >= 4 is 17.7 Å². The summed E-state index contributed by atoms with van der Waals surface area (Å²) >= 11 is 1.51. The molecule has 6 heteroatoms. The summed E-state index contributed by atoms with van der Waals surface area (Å²) in [5, 5.41) is 9.70. The van der Waals surface area contributed by atoms with Crippen molar-refractivity contribution < 1.29 is 14.3 Å². The molecule has 0 bridgehead atoms. The Kier molecular flexibility index (Phi) is 6.91. The Bertz CT molecular complexity index is 728. The smallest absolute Gasteiger partial charge is 0.209 e. The summed E-state index contributed by atoms with van der Waals surface area (Å²) in [4.78, 5) is 17.0. The third kappa shape index (κ3) is 5.76. The maximum atomic E-state index is 13.2. The fraction of sp³-hybridized carbons (Fsp3) is 0.333. The molecule has 0 unspecified atom stereocenters. The second kappa shape index (κ2) is 9.16. The van der Waals surface area contributed by atoms with E-state index in [1.54, 1.807) is 29.3 Å². The number of rotatable bonds is 1. The van der Waals surface area contributed by atoms with Crippen LogP contribution in [0, 0.1) is 24.6 Å². The summed E-state index contributed by atoms with van der Waals surface area (Å²) in [7, 11) is 0. The molecule has 0 radical (unpaired) electrons. The van der Waals surface area contributed by atoms with E-state index in [2.05, 4.69) is 16.8 Å². The first-order chi connectivity index (χ1) is 11.6. The van der Waals surface area contributed by atoms with Crippen molar-refractivity contribution in [3.05, 3.63) is 51.7 Å². The number of carbonyl (C=O) groups is 1. The Morgan fingerprint density at radius 1 is 1.33 bits per heavy atom. The van der Waals surface area contributed by atoms with E-state index >= 15 is 0 Å². The first-order valence-corrected chi connectivity index (χ1v) is 8.46. The highest BCUT2D eigenvalue weighted by atomic mass is 32.1. The summed E-state index contributed by atoms with van der Waals surface area (Å²) in [5.41, 5.74) is 0.408. The van der Waals surface area contributed by atoms with Gasteiger partial charge in [0.15, 0.2) is 5.01 Å². The zero-order valence-corrected chi connectivity index (χ0v) is 14.2. The van der Waals surface area contributed by atoms with Gasteiger partial charge in [0.2, 0.25) is 6.41 Å². The standard InChI is InChI=1S/C12H8FNS.C6H11NO2/c1-9-8-14-12(15-9)7-6-10-4-2-3-5-11(10)13;8-5-7-3-1-6(9)2-4-7/h2-5,8H,1H3;5-6,9H,1-4H2. The van der Waals surface area contributed by atoms with E-state index in [0.29, 0.717) is 18.7 Å². The minimum Gasteiger partial charge on any atom is -0.393 e. The van der Waals surface area contributed by atoms with Crippen molar-refractivity contribution in [2.75, 3.05) is 13.1 Å². The van der Waals surface area contributed by atoms with Crippen LogP contribution < -0.4 is 0 Å². The van der Waals surface area contributed by atoms with Crippen molar-refractivity contribution in [3.8, 4) is 11.8 Å². The molecule has 1 N–H and O–H groups in total. The number of amides is 1. The molecule has 1 aromatic heterocycles. The van der Waals surface area contributed by atoms with Crippen LogP contribution in [0.3, 0.4) is 0 Å². The monoisotopic (exact) mass is 346 g/mol. The van der Waals surface area contributed by atoms with Crippen LogP contribution in [0.1, 0.15) is 28.3 Å². The number of benzene rings is 1. The van der Waals surface area contributed by atoms with Gasteiger partial charge in [0, 0.05) is 24.2 Å². The van der Waals surface area contributed by atoms with Crippen molar-refractivity contribution in [2.45, 2.75) is 25.9 Å². The number of aliphatic hydroxyl groups excluding tert-OH is 1. The van der Waals surface area contributed by atoms with Crippen molar-refractivity contribution in [1.82, 2.24) is 9.88 Å². The highest BCUT2D eigenvalue weighted by Crippen LogP contribution is 2.10. The van der Waals surface area contributed by atoms with Crippen LogP contribution in [0.4, 0.5) is 4.39 Å². The number of likely N-dealkylation sites (tertiary alicyclic amines) is 1. The second-order valence-electron chi connectivity index (χ2n) is 5.38. The van der Waals surface area contributed by atoms with E-state index < -0.39 is 0 Å². The van der Waals surface area contributed by atoms with E-state index in [4.69, 9.17) is 5.11 Å². The molecule has 4 nitrogen and oxygen atoms in total. The predicted octanol–water partition coefficient (Wildman–Crippen LogP) is 2.59. The molecule has 1 aromatic carbocycles. The normalized spacial score (nSPS) is 14.2. The van der Waals surface area contributed by atoms with Crippen LogP contribution in [0.2, 0.25) is 0 Å². The van der Waals surface area contributed by atoms with E-state index in [9.17, 15) is 9.18 Å². The largest absolute Gasteiger partial charge is 0.393 e. The lowest BCUT2D eigenvalue weighted by atomic mass is 10.1. The SMILES string of the molecule is Cc1cnc(C#Cc2ccccc2F)s1.O=CN1CCC(O)CC1. The molecule has 0 atom stereocenters. The third-order valence-electron chi connectivity index (χ3n) is 3.45. The topological polar surface area (TPSA) is 53.4 Å². The molecule has 1 amide bonds. The zero-order valence-electron chi connectivity index (χ0n) is 13.4. The number of nitrogens with zero attached hydrogens (tertiary/aromatic N) is 2. The highest BCUT2D eigenvalue weighted by molar-refractivity contribution is 7.12. The first kappa shape index (κ1) is 18.1. The van der Waals surface area contributed by atoms with Gasteiger partial charge in [-0.15, -0.1) is 11.3 Å². The number of aromatic nitrogens is 1. The molecular weight excluding hydrogens is 327 g/mol. The van der Waals surface area contributed by atoms with Gasteiger partial charge in [-0.05, 0) is 37.8 Å². The van der Waals surface area contributed by atoms with Crippen LogP contribution in [0.5, 0.6) is 0 Å². The Morgan fingerprint density at radius 2 is 2.04 bits per heavy atom. The number of thiazole rings is 1. The summed E-state index contributed by atoms with van der Waals surface area (Å²) in [6, 6.07) is 6.47. The van der Waals surface area contributed by atoms with Gasteiger partial charge in [0.05, 0.1) is 11.7 Å². The predicted molar refractivity (Wildman–Crippen MR) is 92.1 cm³/mol. The van der Waals surface area contributed by atoms with Crippen LogP contribution in [-0.2, 0) is 4.79 Å². The molecule has 126 valence electrons. The van der Waals surface area contributed by atoms with Gasteiger partial charge in [0.25, 0.3) is 0 Å². The van der Waals surface area contributed by atoms with Crippen molar-refractivity contribution in [3.63, 3.8) is 0 Å². The molecule has 24 heavy (non-hydrogen) atoms. The molecule has 0 saturated carbocycles. The molecule has 1 aliphatic heterocycles. The average molecular weight is 346 g/mol. The fourth-order valence-electron chi connectivity index (χ4n) is 2.09. The lowest BCUT2D eigenvalue weighted by Crippen LogP contribution is -2.34. The van der Waals surface area contributed by atoms with Crippen LogP contribution in [0.15, 0.2) is 30.5 Å². The molecule has 0 spiro atoms. The van der Waals surface area contributed by atoms with Crippen LogP contribution >= 0.6 is 11.3 Å². The van der Waals surface area contributed by atoms with Crippen molar-refractivity contribution in [2.24, 2.45) is 0 Å². The Labute approximate surface area is 145 Å². The summed E-state index contributed by atoms with van der Waals surface area (Å²) in [6.07, 6.45) is 3.89. The average Bonchev–Trinajstić information content (AvgIpc) is 3.01. The first-order valence-electron chi connectivity index (χ1n) is 7.65. The maximum Gasteiger partial charge on any atom is 0.209 e. The third-order valence-corrected chi connectivity index (χ3v) is 4.28. The van der Waals surface area contributed by atoms with Gasteiger partial charge in [-0.2, -0.15) is 0 Å². The van der Waals surface area contributed by atoms with E-state index in [1.807, 2.05) is 6.92 Å². The molecular formula is C18H19FN2O2S. The molecule has 0 aliphatic carbocycles. The van der Waals surface area contributed by atoms with Gasteiger partial charge in [-0.1, -0.05) is 18.1 Å². The zero-order chi connectivity index (χ0) is 17.4. The number of hydrogen-bond donors (Lipinski definition) is 1. The summed E-state index contributed by atoms with van der Waals surface area (Å²) < 4.78 is 13.2. The van der Waals surface area contributed by atoms with Gasteiger partial charge in [-0.3, -0.25) is 4.79 Å². The summed E-state index contributed by atoms with van der Waals surface area (Å²) in [5.74, 6) is 5.31. The number of carbonyl (C=O) groups excluding carboxylic acids is 1. The maximum absolute atomic E-state index is 13.2. The van der Waals surface area contributed by atoms with Gasteiger partial charge >= 0.3 is 0 Å². The van der Waals surface area contributed by atoms with E-state index in [-0.39, 0.29) is 11.9 Å². The molecule has 2 aromatic rings. The Hall–Kier alpha value is -2.23. The van der Waals surface area contributed by atoms with Gasteiger partial charge in [0.1, 0.15) is 5.82 Å². The highest BCUT2D eigenvalue weighted by Gasteiger charge is 2.14. The number of piperidine rings is 1. The van der Waals surface area contributed by atoms with Gasteiger partial charge in [-0.25, -0.2) is 9.37 Å². The minimum atomic E-state index is -0.293. The minimum absolute atomic E-state index is 0.179. The fourth-order valence-corrected chi connectivity index (χ4v) is 2.70. The molecule has 1 fully saturated rings. The van der Waals surface area contributed by atoms with Crippen LogP contribution in [0.25, 0.3) is 0 Å². The van der Waals surface area contributed by atoms with Gasteiger partial charge < -0.3 is 10.0 Å². The second-order valence-corrected chi connectivity index (χ2v) is 6.61. The molecule has 1 saturated heterocycles. The molecule has 2 heterocycles. The number of hydrogen-bond acceptors (Lipinski definition) is 4. The summed E-state index contributed by atoms with van der Waals surface area (Å²) in [6.45, 7) is 3.39. The molecule has 3 rings (SSSR count). The van der Waals surface area contributed by atoms with E-state index in [1.165, 1.54) is 17.4 Å². The van der Waals surface area contributed by atoms with Crippen molar-refractivity contribution in [1.29, 1.82) is 0 Å². The van der Waals surface area contributed by atoms with E-state index in [0.717, 1.165) is 29.1 Å². The number of aliphatic hydroxyl groups is 1. The molecule has 1 aliphatic rings.